The molecule has 0 spiro atoms. The molecule has 0 saturated carbocycles. The Kier molecular flexibility index (Phi) is 4.04. The van der Waals surface area contributed by atoms with E-state index in [-0.39, 0.29) is 11.5 Å². The summed E-state index contributed by atoms with van der Waals surface area (Å²) in [6.07, 6.45) is 1.57. The van der Waals surface area contributed by atoms with Crippen molar-refractivity contribution in [1.82, 2.24) is 4.90 Å². The van der Waals surface area contributed by atoms with Gasteiger partial charge in [-0.2, -0.15) is 0 Å². The Hall–Kier alpha value is -1.62. The summed E-state index contributed by atoms with van der Waals surface area (Å²) in [5.41, 5.74) is 0.962. The summed E-state index contributed by atoms with van der Waals surface area (Å²) in [7, 11) is 1.63. The van der Waals surface area contributed by atoms with Gasteiger partial charge in [-0.15, -0.1) is 0 Å². The zero-order valence-corrected chi connectivity index (χ0v) is 12.2. The molecule has 0 N–H and O–H groups in total. The third kappa shape index (κ3) is 3.04. The summed E-state index contributed by atoms with van der Waals surface area (Å²) in [4.78, 5) is 13.7. The van der Waals surface area contributed by atoms with Gasteiger partial charge < -0.3 is 9.32 Å². The maximum absolute atomic E-state index is 13.7. The van der Waals surface area contributed by atoms with Crippen molar-refractivity contribution in [3.05, 3.63) is 57.7 Å². The van der Waals surface area contributed by atoms with Crippen molar-refractivity contribution < 1.29 is 13.6 Å². The van der Waals surface area contributed by atoms with Crippen molar-refractivity contribution in [3.63, 3.8) is 0 Å². The van der Waals surface area contributed by atoms with Gasteiger partial charge in [0.15, 0.2) is 0 Å². The average Bonchev–Trinajstić information content (AvgIpc) is 2.77. The molecular formula is C14H13BrFNO2. The van der Waals surface area contributed by atoms with Crippen LogP contribution in [0.4, 0.5) is 4.39 Å². The van der Waals surface area contributed by atoms with Crippen LogP contribution in [0.2, 0.25) is 0 Å². The first kappa shape index (κ1) is 13.8. The van der Waals surface area contributed by atoms with Crippen molar-refractivity contribution in [2.75, 3.05) is 7.05 Å². The monoisotopic (exact) mass is 325 g/mol. The summed E-state index contributed by atoms with van der Waals surface area (Å²) >= 11 is 3.23. The Morgan fingerprint density at radius 1 is 1.42 bits per heavy atom. The second kappa shape index (κ2) is 5.57. The lowest BCUT2D eigenvalue weighted by atomic mass is 10.1. The molecule has 0 aliphatic carbocycles. The molecule has 5 heteroatoms. The van der Waals surface area contributed by atoms with Crippen LogP contribution in [-0.4, -0.2) is 17.9 Å². The number of aryl methyl sites for hydroxylation is 1. The first-order chi connectivity index (χ1) is 8.99. The van der Waals surface area contributed by atoms with E-state index >= 15 is 0 Å². The summed E-state index contributed by atoms with van der Waals surface area (Å²) in [5.74, 6) is -0.127. The van der Waals surface area contributed by atoms with Crippen LogP contribution in [0.15, 0.2) is 39.4 Å². The van der Waals surface area contributed by atoms with E-state index in [0.29, 0.717) is 11.0 Å². The Balaban J connectivity index is 2.19. The zero-order chi connectivity index (χ0) is 14.0. The number of nitrogens with zero attached hydrogens (tertiary/aromatic N) is 1. The van der Waals surface area contributed by atoms with Gasteiger partial charge in [0.2, 0.25) is 0 Å². The maximum Gasteiger partial charge on any atom is 0.256 e. The Morgan fingerprint density at radius 2 is 2.16 bits per heavy atom. The molecule has 2 rings (SSSR count). The predicted octanol–water partition coefficient (Wildman–Crippen LogP) is 3.76. The molecule has 1 amide bonds. The number of carbonyl (C=O) groups excluding carboxylic acids is 1. The van der Waals surface area contributed by atoms with E-state index in [2.05, 4.69) is 15.9 Å². The Bertz CT molecular complexity index is 609. The van der Waals surface area contributed by atoms with Gasteiger partial charge in [0.25, 0.3) is 5.91 Å². The minimum Gasteiger partial charge on any atom is -0.469 e. The fraction of sp³-hybridized carbons (Fsp3) is 0.214. The lowest BCUT2D eigenvalue weighted by Crippen LogP contribution is -2.27. The van der Waals surface area contributed by atoms with Crippen LogP contribution in [0.3, 0.4) is 0 Å². The van der Waals surface area contributed by atoms with Gasteiger partial charge in [-0.25, -0.2) is 4.39 Å². The lowest BCUT2D eigenvalue weighted by Gasteiger charge is -2.17. The minimum atomic E-state index is -0.524. The molecule has 3 nitrogen and oxygen atoms in total. The van der Waals surface area contributed by atoms with E-state index in [1.54, 1.807) is 25.4 Å². The highest BCUT2D eigenvalue weighted by atomic mass is 79.9. The van der Waals surface area contributed by atoms with Crippen LogP contribution in [-0.2, 0) is 6.54 Å². The van der Waals surface area contributed by atoms with Crippen LogP contribution in [0.5, 0.6) is 0 Å². The number of halogens is 2. The molecule has 1 aromatic heterocycles. The third-order valence-corrected chi connectivity index (χ3v) is 3.37. The normalized spacial score (nSPS) is 10.5. The van der Waals surface area contributed by atoms with Gasteiger partial charge in [0, 0.05) is 23.6 Å². The summed E-state index contributed by atoms with van der Waals surface area (Å²) < 4.78 is 19.5. The van der Waals surface area contributed by atoms with Crippen molar-refractivity contribution in [3.8, 4) is 0 Å². The summed E-state index contributed by atoms with van der Waals surface area (Å²) in [6, 6.07) is 6.12. The van der Waals surface area contributed by atoms with Gasteiger partial charge >= 0.3 is 0 Å². The number of carbonyl (C=O) groups is 1. The summed E-state index contributed by atoms with van der Waals surface area (Å²) in [5, 5.41) is 0. The fourth-order valence-corrected chi connectivity index (χ4v) is 2.13. The molecule has 100 valence electrons. The number of furan rings is 1. The van der Waals surface area contributed by atoms with Gasteiger partial charge in [-0.05, 0) is 31.2 Å². The number of rotatable bonds is 3. The highest BCUT2D eigenvalue weighted by Gasteiger charge is 2.17. The molecule has 0 fully saturated rings. The van der Waals surface area contributed by atoms with E-state index in [9.17, 15) is 9.18 Å². The van der Waals surface area contributed by atoms with Crippen molar-refractivity contribution in [2.24, 2.45) is 0 Å². The smallest absolute Gasteiger partial charge is 0.256 e. The van der Waals surface area contributed by atoms with E-state index in [4.69, 9.17) is 4.42 Å². The van der Waals surface area contributed by atoms with E-state index in [1.807, 2.05) is 6.92 Å². The molecule has 1 heterocycles. The number of hydrogen-bond acceptors (Lipinski definition) is 2. The average molecular weight is 326 g/mol. The zero-order valence-electron chi connectivity index (χ0n) is 10.6. The first-order valence-electron chi connectivity index (χ1n) is 5.72. The third-order valence-electron chi connectivity index (χ3n) is 2.88. The number of amides is 1. The van der Waals surface area contributed by atoms with E-state index in [0.717, 1.165) is 11.3 Å². The van der Waals surface area contributed by atoms with Gasteiger partial charge in [-0.3, -0.25) is 4.79 Å². The largest absolute Gasteiger partial charge is 0.469 e. The van der Waals surface area contributed by atoms with Gasteiger partial charge in [0.1, 0.15) is 11.6 Å². The fourth-order valence-electron chi connectivity index (χ4n) is 1.77. The standard InChI is InChI=1S/C14H13BrFNO2/c1-9-10(5-6-19-9)8-17(2)14(18)12-7-11(15)3-4-13(12)16/h3-7H,8H2,1-2H3. The molecule has 0 unspecified atom stereocenters. The topological polar surface area (TPSA) is 33.5 Å². The van der Waals surface area contributed by atoms with Crippen LogP contribution < -0.4 is 0 Å². The van der Waals surface area contributed by atoms with Crippen molar-refractivity contribution >= 4 is 21.8 Å². The Labute approximate surface area is 119 Å². The quantitative estimate of drug-likeness (QED) is 0.860. The molecule has 0 atom stereocenters. The molecule has 2 aromatic rings. The molecule has 0 bridgehead atoms. The highest BCUT2D eigenvalue weighted by Crippen LogP contribution is 2.18. The maximum atomic E-state index is 13.7. The first-order valence-corrected chi connectivity index (χ1v) is 6.52. The molecule has 0 saturated heterocycles. The SMILES string of the molecule is Cc1occc1CN(C)C(=O)c1cc(Br)ccc1F. The van der Waals surface area contributed by atoms with E-state index in [1.165, 1.54) is 17.0 Å². The lowest BCUT2D eigenvalue weighted by molar-refractivity contribution is 0.0780. The predicted molar refractivity (Wildman–Crippen MR) is 73.3 cm³/mol. The molecule has 0 aliphatic rings. The second-order valence-corrected chi connectivity index (χ2v) is 5.20. The summed E-state index contributed by atoms with van der Waals surface area (Å²) in [6.45, 7) is 2.21. The molecular weight excluding hydrogens is 313 g/mol. The van der Waals surface area contributed by atoms with Crippen molar-refractivity contribution in [1.29, 1.82) is 0 Å². The van der Waals surface area contributed by atoms with E-state index < -0.39 is 5.82 Å². The van der Waals surface area contributed by atoms with Gasteiger partial charge in [0.05, 0.1) is 11.8 Å². The molecule has 0 radical (unpaired) electrons. The number of hydrogen-bond donors (Lipinski definition) is 0. The van der Waals surface area contributed by atoms with Crippen LogP contribution in [0, 0.1) is 12.7 Å². The molecule has 1 aromatic carbocycles. The molecule has 0 aliphatic heterocycles. The number of benzene rings is 1. The van der Waals surface area contributed by atoms with Crippen molar-refractivity contribution in [2.45, 2.75) is 13.5 Å². The highest BCUT2D eigenvalue weighted by molar-refractivity contribution is 9.10. The van der Waals surface area contributed by atoms with Gasteiger partial charge in [-0.1, -0.05) is 15.9 Å². The second-order valence-electron chi connectivity index (χ2n) is 4.29. The molecule has 19 heavy (non-hydrogen) atoms. The minimum absolute atomic E-state index is 0.0537. The Morgan fingerprint density at radius 3 is 2.79 bits per heavy atom. The van der Waals surface area contributed by atoms with Crippen LogP contribution in [0.25, 0.3) is 0 Å². The van der Waals surface area contributed by atoms with Crippen LogP contribution >= 0.6 is 15.9 Å². The van der Waals surface area contributed by atoms with Crippen LogP contribution in [0.1, 0.15) is 21.7 Å².